The van der Waals surface area contributed by atoms with Crippen molar-refractivity contribution in [1.29, 1.82) is 0 Å². The van der Waals surface area contributed by atoms with Crippen LogP contribution in [0, 0.1) is 37.4 Å². The smallest absolute Gasteiger partial charge is 0.312 e. The summed E-state index contributed by atoms with van der Waals surface area (Å²) in [5.74, 6) is -7.85. The number of aromatic nitrogens is 2. The lowest BCUT2D eigenvalue weighted by atomic mass is 9.78. The van der Waals surface area contributed by atoms with E-state index >= 15 is 0 Å². The maximum atomic E-state index is 14.6. The van der Waals surface area contributed by atoms with Crippen LogP contribution in [0.5, 0.6) is 17.2 Å². The number of methoxy groups -OCH3 is 1. The second kappa shape index (κ2) is 14.4. The molecule has 5 bridgehead atoms. The number of allylic oxidation sites excluding steroid dienone is 2. The number of phenolic OH excluding ortho intramolecular Hbond substituents is 2. The number of Topliss-reactive ketones (excluding diaryl/α,β-unsaturated/α-hetero) is 1. The van der Waals surface area contributed by atoms with E-state index in [0.29, 0.717) is 0 Å². The molecule has 3 aliphatic rings. The molecule has 54 heavy (non-hydrogen) atoms. The molecule has 3 aliphatic heterocycles. The Morgan fingerprint density at radius 2 is 1.67 bits per heavy atom. The first-order valence-electron chi connectivity index (χ1n) is 20.6. The van der Waals surface area contributed by atoms with Crippen molar-refractivity contribution in [2.75, 3.05) is 12.4 Å². The van der Waals surface area contributed by atoms with Crippen molar-refractivity contribution in [3.05, 3.63) is 71.1 Å². The number of benzene rings is 2. The monoisotopic (exact) mass is 750 g/mol. The Morgan fingerprint density at radius 3 is 2.35 bits per heavy atom. The number of aliphatic hydroxyl groups is 3. The summed E-state index contributed by atoms with van der Waals surface area (Å²) in [6, 6.07) is -1.53. The first-order chi connectivity index (χ1) is 27.9. The van der Waals surface area contributed by atoms with Gasteiger partial charge in [-0.2, -0.15) is 4.40 Å². The minimum atomic E-state index is -3.00. The molecule has 4 aromatic rings. The molecule has 9 atom stereocenters. The van der Waals surface area contributed by atoms with E-state index in [4.69, 9.17) is 22.4 Å². The summed E-state index contributed by atoms with van der Waals surface area (Å²) >= 11 is 0. The topological polar surface area (TPSA) is 195 Å². The van der Waals surface area contributed by atoms with Gasteiger partial charge in [0.2, 0.25) is 5.52 Å². The average molecular weight is 751 g/mol. The van der Waals surface area contributed by atoms with Crippen molar-refractivity contribution in [2.24, 2.45) is 23.7 Å². The van der Waals surface area contributed by atoms with E-state index in [2.05, 4.69) is 10.3 Å². The van der Waals surface area contributed by atoms with E-state index in [1.165, 1.54) is 46.1 Å². The number of phenols is 2. The number of ketones is 1. The highest BCUT2D eigenvalue weighted by atomic mass is 16.7. The number of hydrogen-bond donors (Lipinski definition) is 7. The Hall–Kier alpha value is -4.95. The van der Waals surface area contributed by atoms with Gasteiger partial charge in [-0.3, -0.25) is 9.59 Å². The number of pyridine rings is 1. The summed E-state index contributed by atoms with van der Waals surface area (Å²) in [6.07, 6.45) is 2.23. The van der Waals surface area contributed by atoms with Gasteiger partial charge in [-0.1, -0.05) is 45.9 Å². The molecule has 0 saturated heterocycles. The van der Waals surface area contributed by atoms with Crippen LogP contribution in [-0.4, -0.2) is 79.5 Å². The zero-order valence-electron chi connectivity index (χ0n) is 37.2. The van der Waals surface area contributed by atoms with E-state index < -0.39 is 113 Å². The third-order valence-corrected chi connectivity index (χ3v) is 11.0. The maximum absolute atomic E-state index is 14.6. The Balaban J connectivity index is 1.67. The number of nitrogens with zero attached hydrogens (tertiary/aromatic N) is 1. The number of nitrogens with one attached hydrogen (secondary N) is 2. The molecular weight excluding hydrogens is 694 g/mol. The number of aliphatic hydroxyl groups excluding tert-OH is 3. The number of imidazole rings is 1. The Labute approximate surface area is 321 Å². The first kappa shape index (κ1) is 31.4. The van der Waals surface area contributed by atoms with Gasteiger partial charge in [0, 0.05) is 59.0 Å². The van der Waals surface area contributed by atoms with Gasteiger partial charge >= 0.3 is 5.79 Å². The van der Waals surface area contributed by atoms with Crippen molar-refractivity contribution in [3.63, 3.8) is 0 Å². The lowest BCUT2D eigenvalue weighted by Gasteiger charge is -2.36. The van der Waals surface area contributed by atoms with Crippen molar-refractivity contribution in [1.82, 2.24) is 4.98 Å². The van der Waals surface area contributed by atoms with Crippen LogP contribution in [0.3, 0.4) is 0 Å². The van der Waals surface area contributed by atoms with Crippen LogP contribution >= 0.6 is 0 Å². The Bertz CT molecular complexity index is 2530. The molecule has 0 unspecified atom stereocenters. The van der Waals surface area contributed by atoms with E-state index in [0.717, 1.165) is 10.7 Å². The van der Waals surface area contributed by atoms with E-state index in [1.807, 2.05) is 0 Å². The van der Waals surface area contributed by atoms with Gasteiger partial charge in [0.15, 0.2) is 11.3 Å². The lowest BCUT2D eigenvalue weighted by Crippen LogP contribution is -2.44. The van der Waals surface area contributed by atoms with Crippen LogP contribution in [0.1, 0.15) is 71.3 Å². The predicted octanol–water partition coefficient (Wildman–Crippen LogP) is 5.01. The molecule has 7 N–H and O–H groups in total. The number of amides is 1. The summed E-state index contributed by atoms with van der Waals surface area (Å²) in [4.78, 5) is 31.4. The minimum Gasteiger partial charge on any atom is -0.507 e. The van der Waals surface area contributed by atoms with Gasteiger partial charge in [-0.15, -0.1) is 0 Å². The minimum absolute atomic E-state index is 0.00494. The number of H-pyrrole nitrogens is 1. The second-order valence-electron chi connectivity index (χ2n) is 14.5. The van der Waals surface area contributed by atoms with Gasteiger partial charge in [-0.25, -0.2) is 4.98 Å². The molecule has 2 aromatic heterocycles. The molecule has 13 nitrogen and oxygen atoms in total. The fourth-order valence-electron chi connectivity index (χ4n) is 7.43. The highest BCUT2D eigenvalue weighted by molar-refractivity contribution is 6.27. The predicted molar refractivity (Wildman–Crippen MR) is 202 cm³/mol. The van der Waals surface area contributed by atoms with Crippen LogP contribution in [0.25, 0.3) is 27.5 Å². The van der Waals surface area contributed by atoms with Gasteiger partial charge in [0.05, 0.1) is 55.9 Å². The van der Waals surface area contributed by atoms with Crippen LogP contribution in [0.15, 0.2) is 54.4 Å². The summed E-state index contributed by atoms with van der Waals surface area (Å²) in [5, 5.41) is 59.8. The van der Waals surface area contributed by atoms with Gasteiger partial charge in [-0.05, 0) is 38.4 Å². The highest BCUT2D eigenvalue weighted by Crippen LogP contribution is 2.53. The average Bonchev–Trinajstić information content (AvgIpc) is 3.71. The number of carbonyl (C=O) groups excluding carboxylic acids is 2. The van der Waals surface area contributed by atoms with Crippen LogP contribution in [0.4, 0.5) is 5.69 Å². The quantitative estimate of drug-likeness (QED) is 0.103. The molecule has 0 aliphatic carbocycles. The SMILES string of the molecule is [2H]c1c(C([2H])([2H])[2H])c([2H])c2[nH]c3c4c5c6c(C)c(O)c4c(O)c(c3[n+]2c1[2H])NC(=O)/C(C)=C\C=C\[C@H](C)[C@H](O)[C@@H](C)[C@@H](O)[C@@H](C)[C@H](O)[C@H](C)[C@@H](OC)/C=C/O[C@@](C)(O6)C5=O. The van der Waals surface area contributed by atoms with E-state index in [1.54, 1.807) is 33.8 Å². The molecule has 288 valence electrons. The molecule has 5 heterocycles. The Morgan fingerprint density at radius 1 is 0.981 bits per heavy atom. The summed E-state index contributed by atoms with van der Waals surface area (Å²) < 4.78 is 69.3. The third kappa shape index (κ3) is 6.28. The van der Waals surface area contributed by atoms with Crippen molar-refractivity contribution < 1.29 is 62.0 Å². The van der Waals surface area contributed by atoms with E-state index in [-0.39, 0.29) is 49.9 Å². The number of aromatic hydroxyl groups is 2. The zero-order valence-corrected chi connectivity index (χ0v) is 31.2. The Kier molecular flexibility index (Phi) is 8.35. The van der Waals surface area contributed by atoms with Crippen molar-refractivity contribution >= 4 is 44.8 Å². The molecular formula is C41H50N3O10+. The largest absolute Gasteiger partial charge is 0.507 e. The molecule has 1 amide bonds. The fourth-order valence-corrected chi connectivity index (χ4v) is 7.43. The molecule has 0 fully saturated rings. The zero-order chi connectivity index (χ0) is 44.7. The number of fused-ring (bicyclic) bond motifs is 14. The number of hydrogen-bond acceptors (Lipinski definition) is 10. The van der Waals surface area contributed by atoms with Gasteiger partial charge in [0.25, 0.3) is 17.3 Å². The summed E-state index contributed by atoms with van der Waals surface area (Å²) in [6.45, 7) is 7.90. The number of anilines is 1. The molecule has 13 heteroatoms. The van der Waals surface area contributed by atoms with Crippen LogP contribution < -0.4 is 14.5 Å². The molecule has 2 aromatic carbocycles. The van der Waals surface area contributed by atoms with Crippen molar-refractivity contribution in [2.45, 2.75) is 85.5 Å². The fraction of sp³-hybridized carbons (Fsp3) is 0.439. The van der Waals surface area contributed by atoms with Gasteiger partial charge < -0.3 is 45.1 Å². The molecule has 0 saturated carbocycles. The maximum Gasteiger partial charge on any atom is 0.312 e. The second-order valence-corrected chi connectivity index (χ2v) is 14.5. The summed E-state index contributed by atoms with van der Waals surface area (Å²) in [7, 11) is 1.40. The first-order valence-corrected chi connectivity index (χ1v) is 17.6. The summed E-state index contributed by atoms with van der Waals surface area (Å²) in [5.41, 5.74) is -2.02. The number of rotatable bonds is 1. The molecule has 0 spiro atoms. The standard InChI is InChI=1S/C41H49N3O10/c1-18-13-15-44-26(17-18)42-30-27-28-36(48)24(7)38-29(27)39(50)41(8,54-38)53-16-14-25(52-9)21(4)34(46)23(6)35(47)22(5)33(45)19(2)11-10-12-20(3)40(51)43-31(32(30)44)37(28)49/h10-17,19,21-23,25,33-35,45-47H,1-9H3,(H3,43,48,49,50,51)/p+1/b11-10+,16-14+,20-12-/t19-,21+,22+,23-,25-,33-,34+,35+,41-/m0/s1/i1D3,13D,15D,17D. The van der Waals surface area contributed by atoms with Crippen LogP contribution in [-0.2, 0) is 14.3 Å². The highest BCUT2D eigenvalue weighted by Gasteiger charge is 2.50. The number of ether oxygens (including phenoxy) is 3. The number of aromatic amines is 1. The lowest BCUT2D eigenvalue weighted by molar-refractivity contribution is -0.480. The number of carbonyl (C=O) groups is 2. The third-order valence-electron chi connectivity index (χ3n) is 11.0. The molecule has 0 radical (unpaired) electrons. The van der Waals surface area contributed by atoms with E-state index in [9.17, 15) is 35.1 Å². The van der Waals surface area contributed by atoms with Crippen molar-refractivity contribution in [3.8, 4) is 17.2 Å². The van der Waals surface area contributed by atoms with Gasteiger partial charge in [0.1, 0.15) is 18.6 Å². The normalized spacial score (nSPS) is 33.9. The van der Waals surface area contributed by atoms with Crippen LogP contribution in [0.2, 0.25) is 0 Å². The molecule has 7 rings (SSSR count).